The number of rotatable bonds is 7. The lowest BCUT2D eigenvalue weighted by molar-refractivity contribution is -0.125. The smallest absolute Gasteiger partial charge is 0.262 e. The molecule has 3 amide bonds. The molecule has 4 aromatic carbocycles. The van der Waals surface area contributed by atoms with Gasteiger partial charge in [-0.15, -0.1) is 0 Å². The van der Waals surface area contributed by atoms with Crippen LogP contribution in [0.5, 0.6) is 0 Å². The molecule has 0 spiro atoms. The van der Waals surface area contributed by atoms with Crippen molar-refractivity contribution in [3.8, 4) is 0 Å². The molecule has 0 saturated carbocycles. The van der Waals surface area contributed by atoms with Crippen LogP contribution in [0.15, 0.2) is 109 Å². The molecule has 5 rings (SSSR count). The number of carbonyl (C=O) groups excluding carboxylic acids is 3. The zero-order valence-electron chi connectivity index (χ0n) is 19.9. The number of carbonyl (C=O) groups is 3. The molecule has 0 aromatic heterocycles. The van der Waals surface area contributed by atoms with E-state index >= 15 is 0 Å². The third-order valence-electron chi connectivity index (χ3n) is 6.54. The highest BCUT2D eigenvalue weighted by Gasteiger charge is 2.43. The van der Waals surface area contributed by atoms with E-state index in [1.807, 2.05) is 91.9 Å². The molecular weight excluding hydrogens is 448 g/mol. The van der Waals surface area contributed by atoms with Gasteiger partial charge in [0.2, 0.25) is 5.91 Å². The van der Waals surface area contributed by atoms with Crippen molar-refractivity contribution in [3.05, 3.63) is 143 Å². The van der Waals surface area contributed by atoms with E-state index in [-0.39, 0.29) is 12.3 Å². The summed E-state index contributed by atoms with van der Waals surface area (Å²) in [6, 6.07) is 32.4. The lowest BCUT2D eigenvalue weighted by atomic mass is 9.96. The van der Waals surface area contributed by atoms with E-state index in [2.05, 4.69) is 5.32 Å². The third-order valence-corrected chi connectivity index (χ3v) is 6.54. The van der Waals surface area contributed by atoms with Crippen LogP contribution in [0.4, 0.5) is 0 Å². The summed E-state index contributed by atoms with van der Waals surface area (Å²) in [5.74, 6) is -1.28. The van der Waals surface area contributed by atoms with Crippen molar-refractivity contribution in [2.75, 3.05) is 0 Å². The van der Waals surface area contributed by atoms with Gasteiger partial charge in [0.05, 0.1) is 17.2 Å². The Morgan fingerprint density at radius 3 is 1.78 bits per heavy atom. The average molecular weight is 475 g/mol. The summed E-state index contributed by atoms with van der Waals surface area (Å²) in [6.07, 6.45) is 0.216. The molecule has 0 bridgehead atoms. The topological polar surface area (TPSA) is 66.5 Å². The number of imide groups is 1. The first kappa shape index (κ1) is 23.2. The molecule has 1 heterocycles. The fourth-order valence-corrected chi connectivity index (χ4v) is 4.63. The minimum absolute atomic E-state index is 0.216. The van der Waals surface area contributed by atoms with Crippen LogP contribution in [-0.2, 0) is 11.2 Å². The number of hydrogen-bond acceptors (Lipinski definition) is 3. The summed E-state index contributed by atoms with van der Waals surface area (Å²) in [5.41, 5.74) is 4.46. The minimum atomic E-state index is -1.00. The highest BCUT2D eigenvalue weighted by molar-refractivity contribution is 6.22. The number of amides is 3. The van der Waals surface area contributed by atoms with Crippen LogP contribution in [0.3, 0.4) is 0 Å². The van der Waals surface area contributed by atoms with Gasteiger partial charge in [0.25, 0.3) is 11.8 Å². The maximum Gasteiger partial charge on any atom is 0.262 e. The Morgan fingerprint density at radius 2 is 1.19 bits per heavy atom. The molecule has 0 aliphatic carbocycles. The SMILES string of the molecule is Cc1ccc([C@@H](NC(=O)[C@H](Cc2ccccc2)N2C(=O)c3ccccc3C2=O)c2ccccc2)cc1. The van der Waals surface area contributed by atoms with Crippen LogP contribution in [-0.4, -0.2) is 28.7 Å². The van der Waals surface area contributed by atoms with Gasteiger partial charge < -0.3 is 5.32 Å². The van der Waals surface area contributed by atoms with Crippen molar-refractivity contribution in [2.45, 2.75) is 25.4 Å². The first-order valence-electron chi connectivity index (χ1n) is 12.0. The molecule has 0 saturated heterocycles. The quantitative estimate of drug-likeness (QED) is 0.379. The highest BCUT2D eigenvalue weighted by atomic mass is 16.2. The van der Waals surface area contributed by atoms with Crippen LogP contribution < -0.4 is 5.32 Å². The number of nitrogens with one attached hydrogen (secondary N) is 1. The Kier molecular flexibility index (Phi) is 6.46. The predicted molar refractivity (Wildman–Crippen MR) is 138 cm³/mol. The predicted octanol–water partition coefficient (Wildman–Crippen LogP) is 5.11. The molecule has 0 unspecified atom stereocenters. The summed E-state index contributed by atoms with van der Waals surface area (Å²) in [5, 5.41) is 3.15. The van der Waals surface area contributed by atoms with E-state index in [0.717, 1.165) is 27.2 Å². The van der Waals surface area contributed by atoms with Gasteiger partial charge in [0.1, 0.15) is 6.04 Å². The Hall–Kier alpha value is -4.51. The van der Waals surface area contributed by atoms with E-state index in [1.54, 1.807) is 24.3 Å². The van der Waals surface area contributed by atoms with E-state index in [9.17, 15) is 14.4 Å². The van der Waals surface area contributed by atoms with Gasteiger partial charge in [-0.2, -0.15) is 0 Å². The van der Waals surface area contributed by atoms with Gasteiger partial charge >= 0.3 is 0 Å². The second-order valence-electron chi connectivity index (χ2n) is 8.99. The molecule has 178 valence electrons. The molecule has 1 aliphatic heterocycles. The molecule has 0 fully saturated rings. The van der Waals surface area contributed by atoms with Crippen LogP contribution >= 0.6 is 0 Å². The van der Waals surface area contributed by atoms with Crippen LogP contribution in [0, 0.1) is 6.92 Å². The number of fused-ring (bicyclic) bond motifs is 1. The first-order valence-corrected chi connectivity index (χ1v) is 12.0. The fourth-order valence-electron chi connectivity index (χ4n) is 4.63. The second-order valence-corrected chi connectivity index (χ2v) is 8.99. The van der Waals surface area contributed by atoms with E-state index in [4.69, 9.17) is 0 Å². The number of nitrogens with zero attached hydrogens (tertiary/aromatic N) is 1. The number of aryl methyl sites for hydroxylation is 1. The fraction of sp³-hybridized carbons (Fsp3) is 0.129. The largest absolute Gasteiger partial charge is 0.343 e. The molecule has 1 N–H and O–H groups in total. The molecule has 0 radical (unpaired) electrons. The summed E-state index contributed by atoms with van der Waals surface area (Å²) in [4.78, 5) is 41.7. The van der Waals surface area contributed by atoms with Crippen molar-refractivity contribution in [3.63, 3.8) is 0 Å². The van der Waals surface area contributed by atoms with Gasteiger partial charge in [-0.1, -0.05) is 103 Å². The molecule has 1 aliphatic rings. The van der Waals surface area contributed by atoms with E-state index in [0.29, 0.717) is 11.1 Å². The van der Waals surface area contributed by atoms with Crippen molar-refractivity contribution in [1.82, 2.24) is 10.2 Å². The molecule has 36 heavy (non-hydrogen) atoms. The maximum atomic E-state index is 13.9. The summed E-state index contributed by atoms with van der Waals surface area (Å²) >= 11 is 0. The van der Waals surface area contributed by atoms with Gasteiger partial charge in [0, 0.05) is 6.42 Å². The molecular formula is C31H26N2O3. The highest BCUT2D eigenvalue weighted by Crippen LogP contribution is 2.28. The monoisotopic (exact) mass is 474 g/mol. The van der Waals surface area contributed by atoms with Crippen LogP contribution in [0.25, 0.3) is 0 Å². The molecule has 5 nitrogen and oxygen atoms in total. The standard InChI is InChI=1S/C31H26N2O3/c1-21-16-18-24(19-17-21)28(23-12-6-3-7-13-23)32-29(34)27(20-22-10-4-2-5-11-22)33-30(35)25-14-8-9-15-26(25)31(33)36/h2-19,27-28H,20H2,1H3,(H,32,34)/t27-,28-/m0/s1. The van der Waals surface area contributed by atoms with Gasteiger partial charge in [0.15, 0.2) is 0 Å². The molecule has 5 heteroatoms. The summed E-state index contributed by atoms with van der Waals surface area (Å²) in [6.45, 7) is 2.01. The van der Waals surface area contributed by atoms with Crippen molar-refractivity contribution in [2.24, 2.45) is 0 Å². The normalized spacial score (nSPS) is 14.3. The van der Waals surface area contributed by atoms with E-state index < -0.39 is 23.9 Å². The Bertz CT molecular complexity index is 1360. The maximum absolute atomic E-state index is 13.9. The minimum Gasteiger partial charge on any atom is -0.343 e. The summed E-state index contributed by atoms with van der Waals surface area (Å²) in [7, 11) is 0. The molecule has 4 aromatic rings. The molecule has 2 atom stereocenters. The van der Waals surface area contributed by atoms with Gasteiger partial charge in [-0.3, -0.25) is 19.3 Å². The third kappa shape index (κ3) is 4.56. The Morgan fingerprint density at radius 1 is 0.694 bits per heavy atom. The second kappa shape index (κ2) is 10.0. The van der Waals surface area contributed by atoms with Gasteiger partial charge in [-0.05, 0) is 35.7 Å². The lowest BCUT2D eigenvalue weighted by Crippen LogP contribution is -2.51. The van der Waals surface area contributed by atoms with Crippen molar-refractivity contribution in [1.29, 1.82) is 0 Å². The van der Waals surface area contributed by atoms with Crippen molar-refractivity contribution >= 4 is 17.7 Å². The lowest BCUT2D eigenvalue weighted by Gasteiger charge is -2.28. The zero-order chi connectivity index (χ0) is 25.1. The number of hydrogen-bond donors (Lipinski definition) is 1. The zero-order valence-corrected chi connectivity index (χ0v) is 19.9. The number of benzene rings is 4. The average Bonchev–Trinajstić information content (AvgIpc) is 3.17. The first-order chi connectivity index (χ1) is 17.5. The van der Waals surface area contributed by atoms with Crippen molar-refractivity contribution < 1.29 is 14.4 Å². The van der Waals surface area contributed by atoms with Crippen LogP contribution in [0.1, 0.15) is 49.0 Å². The van der Waals surface area contributed by atoms with Crippen LogP contribution in [0.2, 0.25) is 0 Å². The van der Waals surface area contributed by atoms with E-state index in [1.165, 1.54) is 0 Å². The Labute approximate surface area is 210 Å². The summed E-state index contributed by atoms with van der Waals surface area (Å²) < 4.78 is 0. The Balaban J connectivity index is 1.52. The van der Waals surface area contributed by atoms with Gasteiger partial charge in [-0.25, -0.2) is 0 Å².